The zero-order valence-electron chi connectivity index (χ0n) is 11.5. The molecule has 3 heteroatoms. The monoisotopic (exact) mass is 320 g/mol. The Kier molecular flexibility index (Phi) is 5.45. The van der Waals surface area contributed by atoms with Crippen molar-refractivity contribution in [2.45, 2.75) is 38.9 Å². The lowest BCUT2D eigenvalue weighted by Gasteiger charge is -2.18. The van der Waals surface area contributed by atoms with Gasteiger partial charge in [-0.2, -0.15) is 0 Å². The lowest BCUT2D eigenvalue weighted by Crippen LogP contribution is -2.23. The van der Waals surface area contributed by atoms with Gasteiger partial charge in [-0.15, -0.1) is 6.42 Å². The van der Waals surface area contributed by atoms with Crippen LogP contribution in [0.1, 0.15) is 30.9 Å². The number of benzene rings is 1. The van der Waals surface area contributed by atoms with Crippen LogP contribution in [-0.2, 0) is 13.1 Å². The van der Waals surface area contributed by atoms with E-state index in [1.165, 1.54) is 28.4 Å². The molecule has 102 valence electrons. The first-order chi connectivity index (χ1) is 9.22. The summed E-state index contributed by atoms with van der Waals surface area (Å²) >= 11 is 3.67. The van der Waals surface area contributed by atoms with Crippen molar-refractivity contribution in [2.75, 3.05) is 13.1 Å². The van der Waals surface area contributed by atoms with Crippen molar-refractivity contribution in [1.29, 1.82) is 0 Å². The maximum atomic E-state index is 5.38. The van der Waals surface area contributed by atoms with E-state index in [1.807, 2.05) is 0 Å². The summed E-state index contributed by atoms with van der Waals surface area (Å²) < 4.78 is 1.18. The second-order valence-electron chi connectivity index (χ2n) is 5.09. The predicted octanol–water partition coefficient (Wildman–Crippen LogP) is 3.16. The van der Waals surface area contributed by atoms with E-state index in [0.29, 0.717) is 6.54 Å². The van der Waals surface area contributed by atoms with E-state index in [2.05, 4.69) is 57.2 Å². The van der Waals surface area contributed by atoms with E-state index in [9.17, 15) is 0 Å². The highest BCUT2D eigenvalue weighted by atomic mass is 79.9. The van der Waals surface area contributed by atoms with E-state index >= 15 is 0 Å². The summed E-state index contributed by atoms with van der Waals surface area (Å²) in [6.07, 6.45) is 8.04. The van der Waals surface area contributed by atoms with Crippen molar-refractivity contribution in [3.05, 3.63) is 33.8 Å². The predicted molar refractivity (Wildman–Crippen MR) is 83.8 cm³/mol. The quantitative estimate of drug-likeness (QED) is 0.776. The lowest BCUT2D eigenvalue weighted by molar-refractivity contribution is 0.315. The topological polar surface area (TPSA) is 15.3 Å². The molecule has 1 N–H and O–H groups in total. The van der Waals surface area contributed by atoms with Crippen molar-refractivity contribution in [1.82, 2.24) is 10.2 Å². The maximum absolute atomic E-state index is 5.38. The Morgan fingerprint density at radius 1 is 1.47 bits per heavy atom. The summed E-state index contributed by atoms with van der Waals surface area (Å²) in [5.41, 5.74) is 2.63. The third-order valence-corrected chi connectivity index (χ3v) is 4.18. The van der Waals surface area contributed by atoms with Crippen molar-refractivity contribution in [2.24, 2.45) is 0 Å². The van der Waals surface area contributed by atoms with Crippen molar-refractivity contribution < 1.29 is 0 Å². The van der Waals surface area contributed by atoms with E-state index in [4.69, 9.17) is 6.42 Å². The molecule has 0 aromatic heterocycles. The van der Waals surface area contributed by atoms with Gasteiger partial charge in [-0.3, -0.25) is 4.90 Å². The highest BCUT2D eigenvalue weighted by Crippen LogP contribution is 2.22. The molecule has 1 saturated carbocycles. The smallest absolute Gasteiger partial charge is 0.0601 e. The Morgan fingerprint density at radius 3 is 2.84 bits per heavy atom. The number of nitrogens with one attached hydrogen (secondary N) is 1. The second kappa shape index (κ2) is 7.09. The number of hydrogen-bond donors (Lipinski definition) is 1. The van der Waals surface area contributed by atoms with Crippen molar-refractivity contribution in [3.8, 4) is 12.3 Å². The van der Waals surface area contributed by atoms with Crippen LogP contribution in [0.4, 0.5) is 0 Å². The highest BCUT2D eigenvalue weighted by molar-refractivity contribution is 9.10. The summed E-state index contributed by atoms with van der Waals surface area (Å²) in [6.45, 7) is 5.68. The first-order valence-electron chi connectivity index (χ1n) is 6.89. The Hall–Kier alpha value is -0.820. The first kappa shape index (κ1) is 14.6. The molecule has 0 bridgehead atoms. The van der Waals surface area contributed by atoms with Gasteiger partial charge >= 0.3 is 0 Å². The summed E-state index contributed by atoms with van der Waals surface area (Å²) in [5.74, 6) is 2.71. The van der Waals surface area contributed by atoms with Crippen LogP contribution in [0.2, 0.25) is 0 Å². The summed E-state index contributed by atoms with van der Waals surface area (Å²) in [6, 6.07) is 7.38. The highest BCUT2D eigenvalue weighted by Gasteiger charge is 2.20. The molecule has 0 radical (unpaired) electrons. The molecule has 0 aliphatic heterocycles. The fraction of sp³-hybridized carbons (Fsp3) is 0.500. The van der Waals surface area contributed by atoms with E-state index in [-0.39, 0.29) is 0 Å². The SMILES string of the molecule is C#CCN(CC)Cc1ccc(CNC2CC2)cc1Br. The van der Waals surface area contributed by atoms with Gasteiger partial charge in [-0.05, 0) is 36.6 Å². The van der Waals surface area contributed by atoms with Crippen LogP contribution in [0.25, 0.3) is 0 Å². The van der Waals surface area contributed by atoms with Gasteiger partial charge in [0.25, 0.3) is 0 Å². The van der Waals surface area contributed by atoms with Gasteiger partial charge in [0.1, 0.15) is 0 Å². The number of rotatable bonds is 7. The number of halogens is 1. The third kappa shape index (κ3) is 4.65. The van der Waals surface area contributed by atoms with Crippen molar-refractivity contribution in [3.63, 3.8) is 0 Å². The lowest BCUT2D eigenvalue weighted by atomic mass is 10.1. The molecule has 0 heterocycles. The van der Waals surface area contributed by atoms with Crippen LogP contribution >= 0.6 is 15.9 Å². The van der Waals surface area contributed by atoms with Crippen LogP contribution in [0.15, 0.2) is 22.7 Å². The molecule has 1 aromatic carbocycles. The second-order valence-corrected chi connectivity index (χ2v) is 5.94. The zero-order chi connectivity index (χ0) is 13.7. The minimum atomic E-state index is 0.702. The average molecular weight is 321 g/mol. The average Bonchev–Trinajstić information content (AvgIpc) is 3.22. The van der Waals surface area contributed by atoms with Crippen LogP contribution < -0.4 is 5.32 Å². The van der Waals surface area contributed by atoms with Gasteiger partial charge in [-0.25, -0.2) is 0 Å². The van der Waals surface area contributed by atoms with E-state index in [0.717, 1.165) is 25.7 Å². The fourth-order valence-corrected chi connectivity index (χ4v) is 2.58. The van der Waals surface area contributed by atoms with Gasteiger partial charge in [0.05, 0.1) is 6.54 Å². The third-order valence-electron chi connectivity index (χ3n) is 3.45. The van der Waals surface area contributed by atoms with Crippen LogP contribution in [-0.4, -0.2) is 24.0 Å². The van der Waals surface area contributed by atoms with Crippen LogP contribution in [0.3, 0.4) is 0 Å². The van der Waals surface area contributed by atoms with Crippen LogP contribution in [0.5, 0.6) is 0 Å². The van der Waals surface area contributed by atoms with Crippen LogP contribution in [0, 0.1) is 12.3 Å². The molecule has 1 aromatic rings. The summed E-state index contributed by atoms with van der Waals surface area (Å²) in [4.78, 5) is 2.25. The first-order valence-corrected chi connectivity index (χ1v) is 7.68. The zero-order valence-corrected chi connectivity index (χ0v) is 13.0. The molecule has 0 saturated heterocycles. The fourth-order valence-electron chi connectivity index (χ4n) is 2.03. The van der Waals surface area contributed by atoms with Gasteiger partial charge in [-0.1, -0.05) is 40.9 Å². The molecule has 0 unspecified atom stereocenters. The molecule has 1 fully saturated rings. The Morgan fingerprint density at radius 2 is 2.26 bits per heavy atom. The molecule has 1 aliphatic carbocycles. The molecule has 19 heavy (non-hydrogen) atoms. The standard InChI is InChI=1S/C16H21BrN2/c1-3-9-19(4-2)12-14-6-5-13(10-16(14)17)11-18-15-7-8-15/h1,5-6,10,15,18H,4,7-9,11-12H2,2H3. The summed E-state index contributed by atoms with van der Waals surface area (Å²) in [7, 11) is 0. The summed E-state index contributed by atoms with van der Waals surface area (Å²) in [5, 5.41) is 3.53. The number of terminal acetylenes is 1. The minimum Gasteiger partial charge on any atom is -0.310 e. The molecule has 1 aliphatic rings. The van der Waals surface area contributed by atoms with E-state index in [1.54, 1.807) is 0 Å². The molecule has 0 spiro atoms. The molecular formula is C16H21BrN2. The van der Waals surface area contributed by atoms with Gasteiger partial charge in [0.2, 0.25) is 0 Å². The Bertz CT molecular complexity index is 460. The van der Waals surface area contributed by atoms with Gasteiger partial charge in [0.15, 0.2) is 0 Å². The van der Waals surface area contributed by atoms with Crippen molar-refractivity contribution >= 4 is 15.9 Å². The molecule has 0 amide bonds. The largest absolute Gasteiger partial charge is 0.310 e. The molecule has 2 nitrogen and oxygen atoms in total. The Balaban J connectivity index is 1.95. The van der Waals surface area contributed by atoms with Gasteiger partial charge < -0.3 is 5.32 Å². The molecular weight excluding hydrogens is 300 g/mol. The Labute approximate surface area is 124 Å². The normalized spacial score (nSPS) is 14.6. The van der Waals surface area contributed by atoms with Gasteiger partial charge in [0, 0.05) is 23.6 Å². The van der Waals surface area contributed by atoms with E-state index < -0.39 is 0 Å². The number of hydrogen-bond acceptors (Lipinski definition) is 2. The number of nitrogens with zero attached hydrogens (tertiary/aromatic N) is 1. The maximum Gasteiger partial charge on any atom is 0.0601 e. The molecule has 2 rings (SSSR count). The minimum absolute atomic E-state index is 0.702. The molecule has 0 atom stereocenters.